The first-order valence-electron chi connectivity index (χ1n) is 9.62. The highest BCUT2D eigenvalue weighted by Crippen LogP contribution is 2.47. The molecule has 0 N–H and O–H groups in total. The van der Waals surface area contributed by atoms with E-state index in [1.165, 1.54) is 17.4 Å². The van der Waals surface area contributed by atoms with Crippen molar-refractivity contribution in [2.45, 2.75) is 25.9 Å². The van der Waals surface area contributed by atoms with E-state index in [0.29, 0.717) is 22.4 Å². The minimum atomic E-state index is -0.465. The van der Waals surface area contributed by atoms with E-state index >= 15 is 0 Å². The Bertz CT molecular complexity index is 1400. The van der Waals surface area contributed by atoms with E-state index in [-0.39, 0.29) is 18.2 Å². The van der Waals surface area contributed by atoms with Crippen LogP contribution in [0.3, 0.4) is 0 Å². The zero-order chi connectivity index (χ0) is 21.7. The lowest BCUT2D eigenvalue weighted by molar-refractivity contribution is 0.212. The molecule has 2 atom stereocenters. The van der Waals surface area contributed by atoms with E-state index < -0.39 is 11.9 Å². The van der Waals surface area contributed by atoms with Gasteiger partial charge in [-0.25, -0.2) is 19.3 Å². The van der Waals surface area contributed by atoms with Gasteiger partial charge < -0.3 is 9.47 Å². The summed E-state index contributed by atoms with van der Waals surface area (Å²) < 4.78 is 26.7. The van der Waals surface area contributed by atoms with Gasteiger partial charge in [-0.2, -0.15) is 0 Å². The lowest BCUT2D eigenvalue weighted by atomic mass is 9.97. The zero-order valence-electron chi connectivity index (χ0n) is 17.0. The summed E-state index contributed by atoms with van der Waals surface area (Å²) in [5, 5.41) is 4.33. The highest BCUT2D eigenvalue weighted by atomic mass is 32.1. The van der Waals surface area contributed by atoms with Gasteiger partial charge in [0.15, 0.2) is 11.6 Å². The average molecular weight is 436 g/mol. The van der Waals surface area contributed by atoms with Crippen LogP contribution in [0.2, 0.25) is 0 Å². The number of fused-ring (bicyclic) bond motifs is 4. The van der Waals surface area contributed by atoms with Gasteiger partial charge in [-0.3, -0.25) is 0 Å². The van der Waals surface area contributed by atoms with Crippen LogP contribution in [0.5, 0.6) is 11.6 Å². The SMILES string of the molecule is COc1cnc2c(-c3nc4cc(F)c5c(c4s3)[C@H](C)[C@@H](CN=[N+]=[N-])O5)cc(C)cc2n1. The van der Waals surface area contributed by atoms with Gasteiger partial charge >= 0.3 is 0 Å². The molecule has 0 aliphatic carbocycles. The number of hydrogen-bond acceptors (Lipinski definition) is 7. The van der Waals surface area contributed by atoms with Crippen LogP contribution < -0.4 is 9.47 Å². The third-order valence-corrected chi connectivity index (χ3v) is 6.58. The Morgan fingerprint density at radius 1 is 1.29 bits per heavy atom. The number of rotatable bonds is 4. The summed E-state index contributed by atoms with van der Waals surface area (Å²) in [6.07, 6.45) is 1.16. The van der Waals surface area contributed by atoms with E-state index in [4.69, 9.17) is 20.0 Å². The molecule has 4 aromatic rings. The third kappa shape index (κ3) is 3.11. The van der Waals surface area contributed by atoms with Gasteiger partial charge in [0.25, 0.3) is 0 Å². The number of nitrogens with zero attached hydrogens (tertiary/aromatic N) is 6. The van der Waals surface area contributed by atoms with Crippen molar-refractivity contribution in [2.24, 2.45) is 5.11 Å². The molecule has 0 bridgehead atoms. The smallest absolute Gasteiger partial charge is 0.232 e. The fourth-order valence-corrected chi connectivity index (χ4v) is 5.15. The maximum atomic E-state index is 14.8. The molecule has 1 aliphatic rings. The molecule has 2 aromatic carbocycles. The van der Waals surface area contributed by atoms with E-state index in [0.717, 1.165) is 26.4 Å². The number of thiazole rings is 1. The standard InChI is InChI=1S/C21H17FN6O2S/c1-9-4-11(18-13(5-9)26-16(29-3)8-24-18)21-27-14-6-12(22)19-17(20(14)31-21)10(2)15(30-19)7-25-28-23/h4-6,8,10,15H,7H2,1-3H3/t10-,15-/m1/s1. The molecule has 0 fully saturated rings. The van der Waals surface area contributed by atoms with Crippen LogP contribution >= 0.6 is 11.3 Å². The predicted molar refractivity (Wildman–Crippen MR) is 116 cm³/mol. The molecule has 156 valence electrons. The number of halogens is 1. The first kappa shape index (κ1) is 19.5. The third-order valence-electron chi connectivity index (χ3n) is 5.44. The van der Waals surface area contributed by atoms with Gasteiger partial charge in [-0.15, -0.1) is 11.3 Å². The summed E-state index contributed by atoms with van der Waals surface area (Å²) in [5.74, 6) is 0.0517. The summed E-state index contributed by atoms with van der Waals surface area (Å²) >= 11 is 1.47. The Morgan fingerprint density at radius 2 is 2.13 bits per heavy atom. The Kier molecular flexibility index (Phi) is 4.60. The van der Waals surface area contributed by atoms with Crippen molar-refractivity contribution in [3.05, 3.63) is 51.8 Å². The van der Waals surface area contributed by atoms with Crippen LogP contribution in [0, 0.1) is 12.7 Å². The largest absolute Gasteiger partial charge is 0.486 e. The number of methoxy groups -OCH3 is 1. The first-order valence-corrected chi connectivity index (χ1v) is 10.4. The lowest BCUT2D eigenvalue weighted by Gasteiger charge is -2.11. The van der Waals surface area contributed by atoms with Gasteiger partial charge in [0.2, 0.25) is 5.88 Å². The molecule has 0 spiro atoms. The minimum absolute atomic E-state index is 0.134. The van der Waals surface area contributed by atoms with Crippen molar-refractivity contribution in [2.75, 3.05) is 13.7 Å². The Hall–Kier alpha value is -3.49. The zero-order valence-corrected chi connectivity index (χ0v) is 17.8. The van der Waals surface area contributed by atoms with Crippen molar-refractivity contribution in [3.63, 3.8) is 0 Å². The Balaban J connectivity index is 1.69. The molecular formula is C21H17FN6O2S. The molecule has 2 aromatic heterocycles. The number of aryl methyl sites for hydroxylation is 1. The Labute approximate surface area is 180 Å². The molecule has 1 aliphatic heterocycles. The van der Waals surface area contributed by atoms with Crippen LogP contribution in [0.4, 0.5) is 4.39 Å². The van der Waals surface area contributed by atoms with Crippen LogP contribution in [0.15, 0.2) is 29.5 Å². The summed E-state index contributed by atoms with van der Waals surface area (Å²) in [6, 6.07) is 5.33. The molecule has 5 rings (SSSR count). The second kappa shape index (κ2) is 7.33. The number of benzene rings is 2. The van der Waals surface area contributed by atoms with Crippen molar-refractivity contribution in [1.29, 1.82) is 0 Å². The molecule has 0 amide bonds. The number of ether oxygens (including phenoxy) is 2. The van der Waals surface area contributed by atoms with Crippen molar-refractivity contribution in [1.82, 2.24) is 15.0 Å². The normalized spacial score (nSPS) is 17.4. The summed E-state index contributed by atoms with van der Waals surface area (Å²) in [7, 11) is 1.55. The first-order chi connectivity index (χ1) is 15.0. The van der Waals surface area contributed by atoms with Crippen molar-refractivity contribution in [3.8, 4) is 22.2 Å². The molecule has 0 saturated heterocycles. The monoisotopic (exact) mass is 436 g/mol. The summed E-state index contributed by atoms with van der Waals surface area (Å²) in [4.78, 5) is 16.5. The topological polar surface area (TPSA) is 106 Å². The van der Waals surface area contributed by atoms with Crippen LogP contribution in [0.1, 0.15) is 24.0 Å². The van der Waals surface area contributed by atoms with Crippen molar-refractivity contribution >= 4 is 32.6 Å². The molecule has 0 unspecified atom stereocenters. The fraction of sp³-hybridized carbons (Fsp3) is 0.286. The second-order valence-corrected chi connectivity index (χ2v) is 8.42. The second-order valence-electron chi connectivity index (χ2n) is 7.42. The average Bonchev–Trinajstić information content (AvgIpc) is 3.32. The number of hydrogen-bond donors (Lipinski definition) is 0. The van der Waals surface area contributed by atoms with Gasteiger partial charge in [-0.05, 0) is 30.2 Å². The molecule has 31 heavy (non-hydrogen) atoms. The molecular weight excluding hydrogens is 419 g/mol. The molecule has 0 radical (unpaired) electrons. The minimum Gasteiger partial charge on any atom is -0.486 e. The van der Waals surface area contributed by atoms with E-state index in [9.17, 15) is 4.39 Å². The van der Waals surface area contributed by atoms with Gasteiger partial charge in [0, 0.05) is 28.0 Å². The van der Waals surface area contributed by atoms with E-state index in [1.54, 1.807) is 13.3 Å². The molecule has 10 heteroatoms. The maximum absolute atomic E-state index is 14.8. The van der Waals surface area contributed by atoms with E-state index in [2.05, 4.69) is 20.0 Å². The molecule has 8 nitrogen and oxygen atoms in total. The summed E-state index contributed by atoms with van der Waals surface area (Å²) in [5.41, 5.74) is 13.2. The fourth-order valence-electron chi connectivity index (χ4n) is 3.95. The Morgan fingerprint density at radius 3 is 2.90 bits per heavy atom. The summed E-state index contributed by atoms with van der Waals surface area (Å²) in [6.45, 7) is 4.06. The van der Waals surface area contributed by atoms with E-state index in [1.807, 2.05) is 26.0 Å². The molecule has 0 saturated carbocycles. The van der Waals surface area contributed by atoms with Crippen LogP contribution in [0.25, 0.3) is 42.3 Å². The number of aromatic nitrogens is 3. The van der Waals surface area contributed by atoms with Crippen LogP contribution in [-0.4, -0.2) is 34.7 Å². The van der Waals surface area contributed by atoms with Crippen molar-refractivity contribution < 1.29 is 13.9 Å². The molecule has 3 heterocycles. The maximum Gasteiger partial charge on any atom is 0.232 e. The highest BCUT2D eigenvalue weighted by molar-refractivity contribution is 7.22. The van der Waals surface area contributed by atoms with Gasteiger partial charge in [-0.1, -0.05) is 12.0 Å². The van der Waals surface area contributed by atoms with Crippen LogP contribution in [-0.2, 0) is 0 Å². The van der Waals surface area contributed by atoms with Gasteiger partial charge in [0.1, 0.15) is 11.1 Å². The predicted octanol–water partition coefficient (Wildman–Crippen LogP) is 5.54. The number of azide groups is 1. The quantitative estimate of drug-likeness (QED) is 0.237. The highest BCUT2D eigenvalue weighted by Gasteiger charge is 2.36. The lowest BCUT2D eigenvalue weighted by Crippen LogP contribution is -2.20. The van der Waals surface area contributed by atoms with Gasteiger partial charge in [0.05, 0.1) is 41.1 Å².